The number of carboxylic acid groups (broad SMARTS) is 1. The number of rotatable bonds is 8. The van der Waals surface area contributed by atoms with Gasteiger partial charge in [0.15, 0.2) is 11.1 Å². The number of hydrogen-bond donors (Lipinski definition) is 3. The van der Waals surface area contributed by atoms with Gasteiger partial charge in [0.1, 0.15) is 23.5 Å². The largest absolute Gasteiger partial charge is 0.480 e. The molecule has 0 fully saturated rings. The van der Waals surface area contributed by atoms with Gasteiger partial charge < -0.3 is 10.4 Å². The van der Waals surface area contributed by atoms with E-state index in [9.17, 15) is 14.4 Å². The number of carbonyl (C=O) groups is 2. The third kappa shape index (κ3) is 4.16. The minimum atomic E-state index is -1.18. The number of amides is 1. The summed E-state index contributed by atoms with van der Waals surface area (Å²) >= 11 is 1.52. The van der Waals surface area contributed by atoms with E-state index >= 15 is 0 Å². The molecule has 2 rings (SSSR count). The molecule has 1 amide bonds. The van der Waals surface area contributed by atoms with E-state index in [0.29, 0.717) is 10.9 Å². The Labute approximate surface area is 142 Å². The van der Waals surface area contributed by atoms with Crippen LogP contribution in [0.25, 0.3) is 5.65 Å². The average Bonchev–Trinajstić information content (AvgIpc) is 3.01. The number of hydrogen-bond acceptors (Lipinski definition) is 5. The smallest absolute Gasteiger partial charge is 0.322 e. The first kappa shape index (κ1) is 18.1. The highest BCUT2D eigenvalue weighted by atomic mass is 32.2. The van der Waals surface area contributed by atoms with Gasteiger partial charge in [-0.2, -0.15) is 0 Å². The van der Waals surface area contributed by atoms with E-state index in [1.54, 1.807) is 4.52 Å². The molecule has 0 radical (unpaired) electrons. The maximum absolute atomic E-state index is 12.3. The second-order valence-corrected chi connectivity index (χ2v) is 6.61. The number of nitrogens with zero attached hydrogens (tertiary/aromatic N) is 2. The normalized spacial score (nSPS) is 12.2. The van der Waals surface area contributed by atoms with E-state index in [1.165, 1.54) is 24.2 Å². The number of pyridine rings is 1. The summed E-state index contributed by atoms with van der Waals surface area (Å²) in [6.45, 7) is 3.76. The average molecular weight is 352 g/mol. The monoisotopic (exact) mass is 352 g/mol. The van der Waals surface area contributed by atoms with E-state index in [1.807, 2.05) is 0 Å². The van der Waals surface area contributed by atoms with E-state index in [-0.39, 0.29) is 11.2 Å². The molecule has 0 saturated heterocycles. The third-order valence-corrected chi connectivity index (χ3v) is 4.75. The number of H-pyrrole nitrogens is 1. The van der Waals surface area contributed by atoms with Crippen LogP contribution in [-0.2, 0) is 4.79 Å². The first-order valence-electron chi connectivity index (χ1n) is 7.66. The lowest BCUT2D eigenvalue weighted by molar-refractivity contribution is -0.135. The van der Waals surface area contributed by atoms with Crippen LogP contribution in [0, 0.1) is 5.92 Å². The fourth-order valence-corrected chi connectivity index (χ4v) is 3.29. The van der Waals surface area contributed by atoms with Crippen molar-refractivity contribution in [2.24, 2.45) is 5.92 Å². The van der Waals surface area contributed by atoms with E-state index in [2.05, 4.69) is 29.2 Å². The van der Waals surface area contributed by atoms with Gasteiger partial charge in [0.05, 0.1) is 0 Å². The molecule has 0 saturated carbocycles. The number of thioether (sulfide) groups is 1. The number of fused-ring (bicyclic) bond motifs is 1. The molecule has 3 N–H and O–H groups in total. The Balaban J connectivity index is 2.27. The SMILES string of the molecule is CCC(C)CCSc1cc(=O)c(C(=O)NCC(=O)O)c2nc[nH]n12. The van der Waals surface area contributed by atoms with Crippen LogP contribution in [0.1, 0.15) is 37.0 Å². The fraction of sp³-hybridized carbons (Fsp3) is 0.467. The van der Waals surface area contributed by atoms with Crippen LogP contribution in [0.5, 0.6) is 0 Å². The second kappa shape index (κ2) is 8.00. The third-order valence-electron chi connectivity index (χ3n) is 3.72. The van der Waals surface area contributed by atoms with Gasteiger partial charge in [-0.15, -0.1) is 11.8 Å². The van der Waals surface area contributed by atoms with Gasteiger partial charge >= 0.3 is 5.97 Å². The number of aromatic amines is 1. The van der Waals surface area contributed by atoms with Crippen molar-refractivity contribution >= 4 is 29.3 Å². The first-order chi connectivity index (χ1) is 11.4. The lowest BCUT2D eigenvalue weighted by atomic mass is 10.1. The van der Waals surface area contributed by atoms with Crippen LogP contribution < -0.4 is 10.7 Å². The van der Waals surface area contributed by atoms with Gasteiger partial charge in [0, 0.05) is 6.07 Å². The molecule has 1 atom stereocenters. The van der Waals surface area contributed by atoms with Gasteiger partial charge in [-0.25, -0.2) is 9.50 Å². The molecule has 2 heterocycles. The number of carboxylic acids is 1. The van der Waals surface area contributed by atoms with Crippen LogP contribution in [0.3, 0.4) is 0 Å². The molecule has 9 heteroatoms. The lowest BCUT2D eigenvalue weighted by Gasteiger charge is -2.10. The molecule has 0 aromatic carbocycles. The maximum atomic E-state index is 12.3. The van der Waals surface area contributed by atoms with Crippen LogP contribution >= 0.6 is 11.8 Å². The quantitative estimate of drug-likeness (QED) is 0.618. The summed E-state index contributed by atoms with van der Waals surface area (Å²) in [5.41, 5.74) is -0.448. The van der Waals surface area contributed by atoms with E-state index in [4.69, 9.17) is 5.11 Å². The topological polar surface area (TPSA) is 117 Å². The van der Waals surface area contributed by atoms with Gasteiger partial charge in [-0.3, -0.25) is 19.5 Å². The van der Waals surface area contributed by atoms with Gasteiger partial charge in [-0.05, 0) is 18.1 Å². The summed E-state index contributed by atoms with van der Waals surface area (Å²) in [4.78, 5) is 39.0. The minimum Gasteiger partial charge on any atom is -0.480 e. The summed E-state index contributed by atoms with van der Waals surface area (Å²) in [5.74, 6) is -0.477. The number of aliphatic carboxylic acids is 1. The van der Waals surface area contributed by atoms with Crippen molar-refractivity contribution in [2.75, 3.05) is 12.3 Å². The summed E-state index contributed by atoms with van der Waals surface area (Å²) in [6, 6.07) is 1.38. The molecule has 130 valence electrons. The number of nitrogens with one attached hydrogen (secondary N) is 2. The molecule has 0 bridgehead atoms. The molecule has 0 spiro atoms. The molecule has 8 nitrogen and oxygen atoms in total. The summed E-state index contributed by atoms with van der Waals surface area (Å²) in [5, 5.41) is 14.4. The molecule has 0 aliphatic heterocycles. The predicted molar refractivity (Wildman–Crippen MR) is 90.6 cm³/mol. The van der Waals surface area contributed by atoms with Gasteiger partial charge in [-0.1, -0.05) is 20.3 Å². The van der Waals surface area contributed by atoms with Crippen LogP contribution in [-0.4, -0.2) is 43.9 Å². The molecular formula is C15H20N4O4S. The summed E-state index contributed by atoms with van der Waals surface area (Å²) < 4.78 is 1.57. The van der Waals surface area contributed by atoms with Gasteiger partial charge in [0.2, 0.25) is 0 Å². The molecule has 0 aliphatic carbocycles. The van der Waals surface area contributed by atoms with E-state index in [0.717, 1.165) is 18.6 Å². The fourth-order valence-electron chi connectivity index (χ4n) is 2.10. The highest BCUT2D eigenvalue weighted by Crippen LogP contribution is 2.21. The van der Waals surface area contributed by atoms with Gasteiger partial charge in [0.25, 0.3) is 5.91 Å². The molecule has 0 aliphatic rings. The lowest BCUT2D eigenvalue weighted by Crippen LogP contribution is -2.33. The molecule has 24 heavy (non-hydrogen) atoms. The molecular weight excluding hydrogens is 332 g/mol. The Morgan fingerprint density at radius 1 is 1.50 bits per heavy atom. The van der Waals surface area contributed by atoms with Crippen molar-refractivity contribution in [1.29, 1.82) is 0 Å². The maximum Gasteiger partial charge on any atom is 0.322 e. The zero-order valence-electron chi connectivity index (χ0n) is 13.5. The van der Waals surface area contributed by atoms with Crippen LogP contribution in [0.2, 0.25) is 0 Å². The van der Waals surface area contributed by atoms with Crippen molar-refractivity contribution in [3.05, 3.63) is 28.2 Å². The molecule has 1 unspecified atom stereocenters. The number of aromatic nitrogens is 3. The zero-order valence-corrected chi connectivity index (χ0v) is 14.4. The Kier molecular flexibility index (Phi) is 6.02. The Morgan fingerprint density at radius 3 is 2.92 bits per heavy atom. The Bertz CT molecular complexity index is 798. The van der Waals surface area contributed by atoms with E-state index < -0.39 is 23.9 Å². The number of carbonyl (C=O) groups excluding carboxylic acids is 1. The highest BCUT2D eigenvalue weighted by Gasteiger charge is 2.19. The highest BCUT2D eigenvalue weighted by molar-refractivity contribution is 7.99. The molecule has 2 aromatic heterocycles. The van der Waals surface area contributed by atoms with Crippen molar-refractivity contribution in [2.45, 2.75) is 31.7 Å². The summed E-state index contributed by atoms with van der Waals surface area (Å²) in [6.07, 6.45) is 3.51. The van der Waals surface area contributed by atoms with Crippen LogP contribution in [0.15, 0.2) is 22.2 Å². The van der Waals surface area contributed by atoms with Crippen LogP contribution in [0.4, 0.5) is 0 Å². The standard InChI is InChI=1S/C15H20N4O4S/c1-3-9(2)4-5-24-11-6-10(20)13(14-17-8-18-19(11)14)15(23)16-7-12(21)22/h6,8-9H,3-5,7H2,1-2H3,(H,16,23)(H,17,18)(H,21,22). The molecule has 2 aromatic rings. The minimum absolute atomic E-state index is 0.163. The Hall–Kier alpha value is -2.29. The zero-order chi connectivity index (χ0) is 17.7. The predicted octanol–water partition coefficient (Wildman–Crippen LogP) is 1.37. The Morgan fingerprint density at radius 2 is 2.25 bits per heavy atom. The van der Waals surface area contributed by atoms with Crippen molar-refractivity contribution < 1.29 is 14.7 Å². The first-order valence-corrected chi connectivity index (χ1v) is 8.64. The van der Waals surface area contributed by atoms with Crippen molar-refractivity contribution in [3.63, 3.8) is 0 Å². The van der Waals surface area contributed by atoms with Crippen molar-refractivity contribution in [1.82, 2.24) is 19.9 Å². The second-order valence-electron chi connectivity index (χ2n) is 5.50. The summed E-state index contributed by atoms with van der Waals surface area (Å²) in [7, 11) is 0. The van der Waals surface area contributed by atoms with Crippen molar-refractivity contribution in [3.8, 4) is 0 Å².